The number of hydrogen-bond donors (Lipinski definition) is 0. The number of methoxy groups -OCH3 is 2. The van der Waals surface area contributed by atoms with Gasteiger partial charge in [0.25, 0.3) is 0 Å². The Kier molecular flexibility index (Phi) is 9.61. The van der Waals surface area contributed by atoms with Crippen LogP contribution in [0, 0.1) is 0 Å². The average Bonchev–Trinajstić information content (AvgIpc) is 3.08. The normalized spacial score (nSPS) is 10.8. The lowest BCUT2D eigenvalue weighted by molar-refractivity contribution is -0.00000865. The van der Waals surface area contributed by atoms with Crippen molar-refractivity contribution >= 4 is 45.5 Å². The lowest BCUT2D eigenvalue weighted by Crippen LogP contribution is -3.00. The van der Waals surface area contributed by atoms with E-state index in [2.05, 4.69) is 144 Å². The highest BCUT2D eigenvalue weighted by molar-refractivity contribution is 8.01. The minimum Gasteiger partial charge on any atom is -1.00 e. The molecular weight excluding hydrogens is 613 g/mol. The van der Waals surface area contributed by atoms with E-state index >= 15 is 0 Å². The molecule has 0 saturated carbocycles. The fourth-order valence-corrected chi connectivity index (χ4v) is 9.83. The largest absolute Gasteiger partial charge is 1.00 e. The van der Waals surface area contributed by atoms with Gasteiger partial charge < -0.3 is 31.4 Å². The van der Waals surface area contributed by atoms with Crippen molar-refractivity contribution in [3.05, 3.63) is 164 Å². The van der Waals surface area contributed by atoms with E-state index in [1.807, 2.05) is 24.3 Å². The van der Waals surface area contributed by atoms with Crippen molar-refractivity contribution in [2.24, 2.45) is 0 Å². The van der Waals surface area contributed by atoms with Gasteiger partial charge in [-0.15, -0.1) is 0 Å². The predicted octanol–water partition coefficient (Wildman–Crippen LogP) is 4.80. The quantitative estimate of drug-likeness (QED) is 0.211. The molecule has 43 heavy (non-hydrogen) atoms. The van der Waals surface area contributed by atoms with Crippen molar-refractivity contribution in [1.29, 1.82) is 0 Å². The number of nitrogens with zero attached hydrogens (tertiary/aromatic N) is 1. The highest BCUT2D eigenvalue weighted by Crippen LogP contribution is 2.54. The van der Waals surface area contributed by atoms with Crippen LogP contribution in [0.5, 0.6) is 11.5 Å². The van der Waals surface area contributed by atoms with Crippen LogP contribution in [0.4, 0.5) is 17.1 Å². The van der Waals surface area contributed by atoms with Crippen LogP contribution in [0.3, 0.4) is 0 Å². The van der Waals surface area contributed by atoms with Crippen LogP contribution in [0.2, 0.25) is 0 Å². The Morgan fingerprint density at radius 2 is 0.651 bits per heavy atom. The average molecular weight is 647 g/mol. The Labute approximate surface area is 265 Å². The molecule has 0 unspecified atom stereocenters. The third-order valence-corrected chi connectivity index (χ3v) is 11.9. The molecule has 0 aliphatic heterocycles. The minimum absolute atomic E-state index is 0. The number of halogens is 1. The predicted molar refractivity (Wildman–Crippen MR) is 179 cm³/mol. The molecule has 0 radical (unpaired) electrons. The molecule has 3 nitrogen and oxygen atoms in total. The van der Waals surface area contributed by atoms with E-state index in [4.69, 9.17) is 9.47 Å². The summed E-state index contributed by atoms with van der Waals surface area (Å²) in [6.07, 6.45) is 0. The Balaban J connectivity index is 0.00000368. The van der Waals surface area contributed by atoms with Gasteiger partial charge in [-0.2, -0.15) is 0 Å². The first-order valence-electron chi connectivity index (χ1n) is 14.0. The number of hydrogen-bond acceptors (Lipinski definition) is 3. The lowest BCUT2D eigenvalue weighted by atomic mass is 10.2. The van der Waals surface area contributed by atoms with Gasteiger partial charge in [-0.25, -0.2) is 0 Å². The summed E-state index contributed by atoms with van der Waals surface area (Å²) in [6, 6.07) is 58.3. The first-order chi connectivity index (χ1) is 20.7. The second-order valence-electron chi connectivity index (χ2n) is 9.93. The van der Waals surface area contributed by atoms with Gasteiger partial charge in [-0.1, -0.05) is 54.6 Å². The maximum Gasteiger partial charge on any atom is 0.144 e. The van der Waals surface area contributed by atoms with Gasteiger partial charge in [0.05, 0.1) is 14.2 Å². The summed E-state index contributed by atoms with van der Waals surface area (Å²) in [4.78, 5) is 2.26. The van der Waals surface area contributed by atoms with E-state index in [0.29, 0.717) is 0 Å². The molecule has 0 aromatic heterocycles. The zero-order chi connectivity index (χ0) is 28.8. The van der Waals surface area contributed by atoms with Crippen LogP contribution in [-0.4, -0.2) is 14.2 Å². The maximum atomic E-state index is 5.44. The molecule has 0 amide bonds. The fraction of sp³-hybridized carbons (Fsp3) is 0.0526. The molecule has 214 valence electrons. The molecule has 0 aliphatic rings. The van der Waals surface area contributed by atoms with Crippen LogP contribution in [-0.2, 0) is 0 Å². The van der Waals surface area contributed by atoms with E-state index in [-0.39, 0.29) is 17.0 Å². The van der Waals surface area contributed by atoms with E-state index in [1.165, 1.54) is 21.2 Å². The summed E-state index contributed by atoms with van der Waals surface area (Å²) in [5.41, 5.74) is 3.16. The first kappa shape index (κ1) is 30.1. The molecule has 0 spiro atoms. The first-order valence-corrected chi connectivity index (χ1v) is 15.8. The van der Waals surface area contributed by atoms with Crippen LogP contribution in [0.15, 0.2) is 164 Å². The van der Waals surface area contributed by atoms with Crippen LogP contribution >= 0.6 is 7.26 Å². The van der Waals surface area contributed by atoms with Crippen molar-refractivity contribution in [1.82, 2.24) is 0 Å². The van der Waals surface area contributed by atoms with Crippen molar-refractivity contribution in [3.8, 4) is 11.5 Å². The number of benzene rings is 6. The van der Waals surface area contributed by atoms with Gasteiger partial charge in [0.1, 0.15) is 40.0 Å². The van der Waals surface area contributed by atoms with Gasteiger partial charge in [0.15, 0.2) is 0 Å². The highest BCUT2D eigenvalue weighted by Gasteiger charge is 2.47. The van der Waals surface area contributed by atoms with Crippen LogP contribution < -0.4 is 52.6 Å². The zero-order valence-electron chi connectivity index (χ0n) is 24.2. The molecule has 6 aromatic carbocycles. The molecule has 0 heterocycles. The van der Waals surface area contributed by atoms with E-state index in [9.17, 15) is 0 Å². The Morgan fingerprint density at radius 3 is 0.953 bits per heavy atom. The van der Waals surface area contributed by atoms with Gasteiger partial charge in [-0.3, -0.25) is 0 Å². The van der Waals surface area contributed by atoms with Crippen molar-refractivity contribution < 1.29 is 26.5 Å². The van der Waals surface area contributed by atoms with Crippen molar-refractivity contribution in [2.45, 2.75) is 0 Å². The second-order valence-corrected chi connectivity index (χ2v) is 13.3. The van der Waals surface area contributed by atoms with Gasteiger partial charge >= 0.3 is 0 Å². The summed E-state index contributed by atoms with van der Waals surface area (Å²) in [5, 5.41) is 5.30. The van der Waals surface area contributed by atoms with E-state index in [1.54, 1.807) is 14.2 Å². The van der Waals surface area contributed by atoms with Crippen molar-refractivity contribution in [3.63, 3.8) is 0 Å². The molecule has 0 fully saturated rings. The molecule has 0 atom stereocenters. The van der Waals surface area contributed by atoms with E-state index < -0.39 is 7.26 Å². The smallest absolute Gasteiger partial charge is 0.144 e. The standard InChI is InChI=1S/C38H33NO2P.BrH/c1-40-33-24-18-30(19-25-33)39(31-20-26-34(41-2)27-21-31)32-22-28-38(29-23-32)42(35-12-6-3-7-13-35,36-14-8-4-9-15-36)37-16-10-5-11-17-37;/h3-29H,1-2H3;1H/q+1;/p-1. The minimum atomic E-state index is -2.17. The summed E-state index contributed by atoms with van der Waals surface area (Å²) in [7, 11) is 1.21. The lowest BCUT2D eigenvalue weighted by Gasteiger charge is -2.29. The molecule has 0 bridgehead atoms. The monoisotopic (exact) mass is 645 g/mol. The summed E-state index contributed by atoms with van der Waals surface area (Å²) in [6.45, 7) is 0. The van der Waals surface area contributed by atoms with E-state index in [0.717, 1.165) is 28.6 Å². The topological polar surface area (TPSA) is 21.7 Å². The number of ether oxygens (including phenoxy) is 2. The number of rotatable bonds is 9. The summed E-state index contributed by atoms with van der Waals surface area (Å²) >= 11 is 0. The van der Waals surface area contributed by atoms with Crippen LogP contribution in [0.25, 0.3) is 0 Å². The molecule has 0 aliphatic carbocycles. The summed E-state index contributed by atoms with van der Waals surface area (Å²) < 4.78 is 10.9. The molecule has 0 saturated heterocycles. The Bertz CT molecular complexity index is 1570. The third-order valence-electron chi connectivity index (χ3n) is 7.59. The highest BCUT2D eigenvalue weighted by atomic mass is 79.9. The molecular formula is C38H33BrNO2P. The van der Waals surface area contributed by atoms with Gasteiger partial charge in [0.2, 0.25) is 0 Å². The Morgan fingerprint density at radius 1 is 0.372 bits per heavy atom. The number of anilines is 3. The molecule has 0 N–H and O–H groups in total. The molecule has 5 heteroatoms. The second kappa shape index (κ2) is 13.7. The molecule has 6 rings (SSSR count). The summed E-state index contributed by atoms with van der Waals surface area (Å²) in [5.74, 6) is 1.65. The van der Waals surface area contributed by atoms with Crippen LogP contribution in [0.1, 0.15) is 0 Å². The Hall–Kier alpha value is -4.37. The third kappa shape index (κ3) is 5.95. The molecule has 6 aromatic rings. The SMILES string of the molecule is COc1ccc(N(c2ccc(OC)cc2)c2ccc([P+](c3ccccc3)(c3ccccc3)c3ccccc3)cc2)cc1.[Br-]. The fourth-order valence-electron chi connectivity index (χ4n) is 5.58. The van der Waals surface area contributed by atoms with Gasteiger partial charge in [0, 0.05) is 17.1 Å². The zero-order valence-corrected chi connectivity index (χ0v) is 26.7. The van der Waals surface area contributed by atoms with Crippen molar-refractivity contribution in [2.75, 3.05) is 19.1 Å². The van der Waals surface area contributed by atoms with Gasteiger partial charge in [-0.05, 0) is 109 Å². The maximum absolute atomic E-state index is 5.44.